The van der Waals surface area contributed by atoms with Crippen LogP contribution in [0.4, 0.5) is 0 Å². The third-order valence-electron chi connectivity index (χ3n) is 0. The van der Waals surface area contributed by atoms with E-state index in [-0.39, 0.29) is 121 Å². The fourth-order valence-corrected chi connectivity index (χ4v) is 0. The maximum atomic E-state index is 8.74. The summed E-state index contributed by atoms with van der Waals surface area (Å²) in [6.45, 7) is 0. The van der Waals surface area contributed by atoms with Crippen molar-refractivity contribution >= 4 is 27.8 Å². The molecule has 0 rings (SSSR count). The van der Waals surface area contributed by atoms with Crippen LogP contribution in [0.15, 0.2) is 0 Å². The Hall–Kier alpha value is -0.358. The van der Waals surface area contributed by atoms with E-state index >= 15 is 0 Å². The summed E-state index contributed by atoms with van der Waals surface area (Å²) >= 11 is 0. The SMILES string of the molecule is O.O.O.O.O.O.O.O.O.O.O.O.O.O.O.O.O.O.O.O=S(=O)(O)O.[AlH3]. The molecule has 0 atom stereocenters. The lowest BCUT2D eigenvalue weighted by molar-refractivity contribution is 0.380. The fraction of sp³-hybridized carbons (Fsp3) is 0. The molecule has 0 unspecified atom stereocenters. The van der Waals surface area contributed by atoms with Crippen LogP contribution in [-0.2, 0) is 10.4 Å². The molecule has 0 aromatic carbocycles. The minimum absolute atomic E-state index is 0. The van der Waals surface area contributed by atoms with Crippen molar-refractivity contribution in [1.29, 1.82) is 0 Å². The predicted molar refractivity (Wildman–Crippen MR) is 92.8 cm³/mol. The fourth-order valence-electron chi connectivity index (χ4n) is 0. The molecule has 25 heteroatoms. The summed E-state index contributed by atoms with van der Waals surface area (Å²) < 4.78 is 31.6. The number of hydrogen-bond acceptors (Lipinski definition) is 2. The number of rotatable bonds is 0. The Labute approximate surface area is 150 Å². The molecule has 0 spiro atoms. The zero-order valence-electron chi connectivity index (χ0n) is 11.6. The molecule has 190 valence electrons. The Morgan fingerprint density at radius 1 is 0.320 bits per heavy atom. The van der Waals surface area contributed by atoms with Crippen LogP contribution >= 0.6 is 0 Å². The van der Waals surface area contributed by atoms with Gasteiger partial charge in [0.25, 0.3) is 0 Å². The van der Waals surface area contributed by atoms with E-state index in [4.69, 9.17) is 17.5 Å². The largest absolute Gasteiger partial charge is 0.412 e. The van der Waals surface area contributed by atoms with Crippen LogP contribution in [0.1, 0.15) is 0 Å². The summed E-state index contributed by atoms with van der Waals surface area (Å²) in [5, 5.41) is 0. The molecule has 0 fully saturated rings. The highest BCUT2D eigenvalue weighted by atomic mass is 32.3. The van der Waals surface area contributed by atoms with E-state index in [1.165, 1.54) is 0 Å². The minimum atomic E-state index is -4.67. The molecule has 25 heavy (non-hydrogen) atoms. The molecule has 0 aliphatic rings. The maximum Gasteiger partial charge on any atom is 0.394 e. The van der Waals surface area contributed by atoms with E-state index in [2.05, 4.69) is 0 Å². The first-order valence-electron chi connectivity index (χ1n) is 0.698. The Kier molecular flexibility index (Phi) is 15800. The van der Waals surface area contributed by atoms with Gasteiger partial charge in [0.1, 0.15) is 0 Å². The average molecular weight is 470 g/mol. The van der Waals surface area contributed by atoms with Crippen molar-refractivity contribution < 1.29 is 122 Å². The van der Waals surface area contributed by atoms with Crippen LogP contribution in [0, 0.1) is 0 Å². The molecule has 23 nitrogen and oxygen atoms in total. The van der Waals surface area contributed by atoms with E-state index in [9.17, 15) is 0 Å². The highest BCUT2D eigenvalue weighted by Gasteiger charge is 1.84. The number of hydrogen-bond donors (Lipinski definition) is 2. The normalized spacial score (nSPS) is 2.32. The second kappa shape index (κ2) is 381. The molecule has 40 N–H and O–H groups in total. The Morgan fingerprint density at radius 2 is 0.320 bits per heavy atom. The van der Waals surface area contributed by atoms with Crippen molar-refractivity contribution in [3.8, 4) is 0 Å². The highest BCUT2D eigenvalue weighted by molar-refractivity contribution is 7.79. The molecule has 0 aliphatic carbocycles. The van der Waals surface area contributed by atoms with E-state index in [1.54, 1.807) is 0 Å². The van der Waals surface area contributed by atoms with Gasteiger partial charge in [-0.05, 0) is 0 Å². The molecular weight excluding hydrogens is 427 g/mol. The van der Waals surface area contributed by atoms with Crippen LogP contribution in [0.5, 0.6) is 0 Å². The van der Waals surface area contributed by atoms with Crippen molar-refractivity contribution in [2.24, 2.45) is 0 Å². The maximum absolute atomic E-state index is 8.74. The van der Waals surface area contributed by atoms with Gasteiger partial charge in [0.2, 0.25) is 0 Å². The molecule has 0 radical (unpaired) electrons. The van der Waals surface area contributed by atoms with Gasteiger partial charge in [0, 0.05) is 0 Å². The Morgan fingerprint density at radius 3 is 0.320 bits per heavy atom. The van der Waals surface area contributed by atoms with Gasteiger partial charge in [-0.3, -0.25) is 9.11 Å². The predicted octanol–water partition coefficient (Wildman–Crippen LogP) is -17.5. The van der Waals surface area contributed by atoms with Crippen LogP contribution in [0.2, 0.25) is 0 Å². The third kappa shape index (κ3) is 86600. The first-order valence-corrected chi connectivity index (χ1v) is 2.10. The van der Waals surface area contributed by atoms with Gasteiger partial charge in [0.15, 0.2) is 17.4 Å². The molecule has 0 aromatic heterocycles. The summed E-state index contributed by atoms with van der Waals surface area (Å²) in [5.41, 5.74) is 0. The van der Waals surface area contributed by atoms with Gasteiger partial charge >= 0.3 is 10.4 Å². The van der Waals surface area contributed by atoms with Gasteiger partial charge in [-0.15, -0.1) is 0 Å². The van der Waals surface area contributed by atoms with Crippen LogP contribution < -0.4 is 0 Å². The minimum Gasteiger partial charge on any atom is -0.412 e. The van der Waals surface area contributed by atoms with E-state index in [0.29, 0.717) is 0 Å². The highest BCUT2D eigenvalue weighted by Crippen LogP contribution is 1.59. The lowest BCUT2D eigenvalue weighted by Crippen LogP contribution is -1.89. The van der Waals surface area contributed by atoms with Gasteiger partial charge in [-0.2, -0.15) is 8.42 Å². The summed E-state index contributed by atoms with van der Waals surface area (Å²) in [6, 6.07) is 0. The second-order valence-electron chi connectivity index (χ2n) is 0.448. The average Bonchev–Trinajstić information content (AvgIpc) is 0.722. The van der Waals surface area contributed by atoms with E-state index < -0.39 is 10.4 Å². The standard InChI is InChI=1S/Al.H2O4S.19H2O.3H/c;1-5(2,3)4;;;;;;;;;;;;;;;;;;;;;;/h;(H2,1,2,3,4);19*1H2;;;. The van der Waals surface area contributed by atoms with E-state index in [1.807, 2.05) is 0 Å². The molecule has 0 heterocycles. The Balaban J connectivity index is -0.000000000421. The van der Waals surface area contributed by atoms with Gasteiger partial charge < -0.3 is 104 Å². The van der Waals surface area contributed by atoms with Crippen molar-refractivity contribution in [2.75, 3.05) is 0 Å². The van der Waals surface area contributed by atoms with Crippen molar-refractivity contribution in [3.63, 3.8) is 0 Å². The third-order valence-corrected chi connectivity index (χ3v) is 0. The van der Waals surface area contributed by atoms with Crippen molar-refractivity contribution in [2.45, 2.75) is 0 Å². The monoisotopic (exact) mass is 470 g/mol. The Bertz CT molecular complexity index is 95.3. The lowest BCUT2D eigenvalue weighted by Gasteiger charge is -1.68. The smallest absolute Gasteiger partial charge is 0.394 e. The quantitative estimate of drug-likeness (QED) is 0.257. The van der Waals surface area contributed by atoms with Gasteiger partial charge in [-0.25, -0.2) is 0 Å². The molecule has 0 amide bonds. The summed E-state index contributed by atoms with van der Waals surface area (Å²) in [6.07, 6.45) is 0. The molecule has 0 saturated heterocycles. The summed E-state index contributed by atoms with van der Waals surface area (Å²) in [5.74, 6) is 0. The van der Waals surface area contributed by atoms with Crippen LogP contribution in [0.3, 0.4) is 0 Å². The zero-order valence-corrected chi connectivity index (χ0v) is 12.4. The summed E-state index contributed by atoms with van der Waals surface area (Å²) in [4.78, 5) is 0. The van der Waals surface area contributed by atoms with Crippen LogP contribution in [-0.4, -0.2) is 139 Å². The zero-order chi connectivity index (χ0) is 4.50. The van der Waals surface area contributed by atoms with Gasteiger partial charge in [0.05, 0.1) is 0 Å². The second-order valence-corrected chi connectivity index (χ2v) is 1.34. The molecule has 0 aromatic rings. The molecular formula is H43AlO23S. The first-order chi connectivity index (χ1) is 2.00. The van der Waals surface area contributed by atoms with Crippen LogP contribution in [0.25, 0.3) is 0 Å². The topological polar surface area (TPSA) is 673 Å². The molecule has 0 saturated carbocycles. The van der Waals surface area contributed by atoms with E-state index in [0.717, 1.165) is 0 Å². The first kappa shape index (κ1) is 1040. The molecule has 0 bridgehead atoms. The van der Waals surface area contributed by atoms with Crippen molar-refractivity contribution in [1.82, 2.24) is 0 Å². The molecule has 0 aliphatic heterocycles. The van der Waals surface area contributed by atoms with Gasteiger partial charge in [-0.1, -0.05) is 0 Å². The lowest BCUT2D eigenvalue weighted by atomic mass is 15.8. The van der Waals surface area contributed by atoms with Crippen molar-refractivity contribution in [3.05, 3.63) is 0 Å². The summed E-state index contributed by atoms with van der Waals surface area (Å²) in [7, 11) is -4.67.